The lowest BCUT2D eigenvalue weighted by Crippen LogP contribution is -2.26. The summed E-state index contributed by atoms with van der Waals surface area (Å²) in [5.41, 5.74) is 6.65. The molecule has 1 saturated carbocycles. The fourth-order valence-corrected chi connectivity index (χ4v) is 2.72. The van der Waals surface area contributed by atoms with Crippen molar-refractivity contribution in [1.29, 1.82) is 0 Å². The summed E-state index contributed by atoms with van der Waals surface area (Å²) in [5.74, 6) is 0.234. The van der Waals surface area contributed by atoms with Gasteiger partial charge < -0.3 is 5.73 Å². The standard InChI is InChI=1S/C13H15BrFNO/c14-9-3-6-12(15)11(7-9)13(16)8-1-4-10(17)5-2-8/h3,6-8,13H,1-2,4-5,16H2. The van der Waals surface area contributed by atoms with E-state index in [4.69, 9.17) is 5.73 Å². The van der Waals surface area contributed by atoms with Gasteiger partial charge in [0.1, 0.15) is 11.6 Å². The smallest absolute Gasteiger partial charge is 0.132 e. The number of ketones is 1. The van der Waals surface area contributed by atoms with E-state index in [0.29, 0.717) is 24.2 Å². The van der Waals surface area contributed by atoms with Gasteiger partial charge in [0.25, 0.3) is 0 Å². The minimum atomic E-state index is -0.319. The monoisotopic (exact) mass is 299 g/mol. The molecule has 92 valence electrons. The number of nitrogens with two attached hydrogens (primary N) is 1. The van der Waals surface area contributed by atoms with Gasteiger partial charge in [-0.05, 0) is 37.0 Å². The van der Waals surface area contributed by atoms with Crippen LogP contribution in [0.25, 0.3) is 0 Å². The van der Waals surface area contributed by atoms with Gasteiger partial charge in [-0.15, -0.1) is 0 Å². The summed E-state index contributed by atoms with van der Waals surface area (Å²) in [6.07, 6.45) is 2.69. The maximum absolute atomic E-state index is 13.7. The SMILES string of the molecule is NC(c1cc(Br)ccc1F)C1CCC(=O)CC1. The molecule has 1 aliphatic carbocycles. The number of rotatable bonds is 2. The van der Waals surface area contributed by atoms with Gasteiger partial charge in [0.2, 0.25) is 0 Å². The Balaban J connectivity index is 2.16. The summed E-state index contributed by atoms with van der Waals surface area (Å²) in [4.78, 5) is 11.2. The zero-order chi connectivity index (χ0) is 12.4. The van der Waals surface area contributed by atoms with E-state index in [2.05, 4.69) is 15.9 Å². The minimum Gasteiger partial charge on any atom is -0.324 e. The summed E-state index contributed by atoms with van der Waals surface area (Å²) in [6, 6.07) is 4.50. The first-order chi connectivity index (χ1) is 8.08. The number of carbonyl (C=O) groups is 1. The van der Waals surface area contributed by atoms with Crippen molar-refractivity contribution in [2.24, 2.45) is 11.7 Å². The molecule has 0 spiro atoms. The average Bonchev–Trinajstić information content (AvgIpc) is 2.32. The van der Waals surface area contributed by atoms with Crippen LogP contribution in [-0.2, 0) is 4.79 Å². The molecule has 1 unspecified atom stereocenters. The van der Waals surface area contributed by atoms with E-state index in [9.17, 15) is 9.18 Å². The van der Waals surface area contributed by atoms with Crippen molar-refractivity contribution in [1.82, 2.24) is 0 Å². The number of Topliss-reactive ketones (excluding diaryl/α,β-unsaturated/α-hetero) is 1. The Morgan fingerprint density at radius 2 is 2.00 bits per heavy atom. The van der Waals surface area contributed by atoms with E-state index in [0.717, 1.165) is 17.3 Å². The summed E-state index contributed by atoms with van der Waals surface area (Å²) in [5, 5.41) is 0. The van der Waals surface area contributed by atoms with Gasteiger partial charge in [0, 0.05) is 28.9 Å². The highest BCUT2D eigenvalue weighted by Crippen LogP contribution is 2.33. The van der Waals surface area contributed by atoms with Gasteiger partial charge in [-0.3, -0.25) is 4.79 Å². The van der Waals surface area contributed by atoms with Crippen molar-refractivity contribution in [3.8, 4) is 0 Å². The predicted octanol–water partition coefficient (Wildman–Crippen LogP) is 3.35. The van der Waals surface area contributed by atoms with Crippen molar-refractivity contribution < 1.29 is 9.18 Å². The molecule has 2 rings (SSSR count). The number of benzene rings is 1. The summed E-state index contributed by atoms with van der Waals surface area (Å²) >= 11 is 3.32. The van der Waals surface area contributed by atoms with E-state index in [1.807, 2.05) is 0 Å². The van der Waals surface area contributed by atoms with Crippen molar-refractivity contribution in [2.45, 2.75) is 31.7 Å². The van der Waals surface area contributed by atoms with Gasteiger partial charge >= 0.3 is 0 Å². The van der Waals surface area contributed by atoms with Gasteiger partial charge in [-0.2, -0.15) is 0 Å². The minimum absolute atomic E-state index is 0.205. The normalized spacial score (nSPS) is 19.4. The van der Waals surface area contributed by atoms with Crippen LogP contribution in [-0.4, -0.2) is 5.78 Å². The van der Waals surface area contributed by atoms with Crippen LogP contribution in [0.4, 0.5) is 4.39 Å². The Hall–Kier alpha value is -0.740. The van der Waals surface area contributed by atoms with Crippen LogP contribution in [0.15, 0.2) is 22.7 Å². The first-order valence-electron chi connectivity index (χ1n) is 5.80. The Bertz CT molecular complexity index is 425. The third-order valence-electron chi connectivity index (χ3n) is 3.41. The van der Waals surface area contributed by atoms with Crippen molar-refractivity contribution >= 4 is 21.7 Å². The Kier molecular flexibility index (Phi) is 3.94. The Morgan fingerprint density at radius 3 is 2.65 bits per heavy atom. The van der Waals surface area contributed by atoms with Gasteiger partial charge in [0.05, 0.1) is 0 Å². The topological polar surface area (TPSA) is 43.1 Å². The van der Waals surface area contributed by atoms with E-state index < -0.39 is 0 Å². The van der Waals surface area contributed by atoms with Crippen molar-refractivity contribution in [3.05, 3.63) is 34.1 Å². The first kappa shape index (κ1) is 12.7. The molecule has 1 aromatic carbocycles. The van der Waals surface area contributed by atoms with Gasteiger partial charge in [-0.25, -0.2) is 4.39 Å². The molecule has 0 heterocycles. The highest BCUT2D eigenvalue weighted by molar-refractivity contribution is 9.10. The Labute approximate surface area is 109 Å². The second-order valence-corrected chi connectivity index (χ2v) is 5.48. The number of hydrogen-bond acceptors (Lipinski definition) is 2. The van der Waals surface area contributed by atoms with Crippen molar-refractivity contribution in [2.75, 3.05) is 0 Å². The lowest BCUT2D eigenvalue weighted by molar-refractivity contribution is -0.121. The zero-order valence-corrected chi connectivity index (χ0v) is 11.0. The highest BCUT2D eigenvalue weighted by Gasteiger charge is 2.26. The first-order valence-corrected chi connectivity index (χ1v) is 6.59. The van der Waals surface area contributed by atoms with Crippen LogP contribution in [0.5, 0.6) is 0 Å². The zero-order valence-electron chi connectivity index (χ0n) is 9.46. The lowest BCUT2D eigenvalue weighted by atomic mass is 9.81. The molecule has 0 bridgehead atoms. The molecule has 1 atom stereocenters. The number of carbonyl (C=O) groups excluding carboxylic acids is 1. The lowest BCUT2D eigenvalue weighted by Gasteiger charge is -2.27. The van der Waals surface area contributed by atoms with Crippen LogP contribution in [0.2, 0.25) is 0 Å². The summed E-state index contributed by atoms with van der Waals surface area (Å²) in [7, 11) is 0. The molecule has 0 amide bonds. The van der Waals surface area contributed by atoms with Gasteiger partial charge in [0.15, 0.2) is 0 Å². The molecule has 0 saturated heterocycles. The molecular formula is C13H15BrFNO. The van der Waals surface area contributed by atoms with Crippen LogP contribution in [0.3, 0.4) is 0 Å². The second-order valence-electron chi connectivity index (χ2n) is 4.57. The largest absolute Gasteiger partial charge is 0.324 e. The molecule has 1 aliphatic rings. The fourth-order valence-electron chi connectivity index (χ4n) is 2.35. The Morgan fingerprint density at radius 1 is 1.35 bits per heavy atom. The van der Waals surface area contributed by atoms with Crippen LogP contribution in [0, 0.1) is 11.7 Å². The summed E-state index contributed by atoms with van der Waals surface area (Å²) in [6.45, 7) is 0. The maximum Gasteiger partial charge on any atom is 0.132 e. The quantitative estimate of drug-likeness (QED) is 0.910. The summed E-state index contributed by atoms with van der Waals surface area (Å²) < 4.78 is 14.5. The molecule has 0 radical (unpaired) electrons. The molecule has 0 aliphatic heterocycles. The van der Waals surface area contributed by atoms with Gasteiger partial charge in [-0.1, -0.05) is 15.9 Å². The van der Waals surface area contributed by atoms with Crippen molar-refractivity contribution in [3.63, 3.8) is 0 Å². The van der Waals surface area contributed by atoms with E-state index in [1.165, 1.54) is 6.07 Å². The average molecular weight is 300 g/mol. The molecule has 1 aromatic rings. The molecular weight excluding hydrogens is 285 g/mol. The second kappa shape index (κ2) is 5.27. The highest BCUT2D eigenvalue weighted by atomic mass is 79.9. The molecule has 2 N–H and O–H groups in total. The molecule has 4 heteroatoms. The fraction of sp³-hybridized carbons (Fsp3) is 0.462. The van der Waals surface area contributed by atoms with Crippen LogP contribution < -0.4 is 5.73 Å². The predicted molar refractivity (Wildman–Crippen MR) is 68.0 cm³/mol. The van der Waals surface area contributed by atoms with Crippen LogP contribution in [0.1, 0.15) is 37.3 Å². The van der Waals surface area contributed by atoms with E-state index >= 15 is 0 Å². The third-order valence-corrected chi connectivity index (χ3v) is 3.91. The van der Waals surface area contributed by atoms with E-state index in [1.54, 1.807) is 12.1 Å². The molecule has 0 aromatic heterocycles. The maximum atomic E-state index is 13.7. The van der Waals surface area contributed by atoms with Crippen LogP contribution >= 0.6 is 15.9 Å². The third kappa shape index (κ3) is 2.93. The number of hydrogen-bond donors (Lipinski definition) is 1. The molecule has 17 heavy (non-hydrogen) atoms. The molecule has 1 fully saturated rings. The van der Waals surface area contributed by atoms with E-state index in [-0.39, 0.29) is 17.8 Å². The number of halogens is 2. The molecule has 2 nitrogen and oxygen atoms in total.